The van der Waals surface area contributed by atoms with Gasteiger partial charge in [0.15, 0.2) is 0 Å². The first-order chi connectivity index (χ1) is 14.5. The molecule has 2 amide bonds. The van der Waals surface area contributed by atoms with E-state index in [9.17, 15) is 9.59 Å². The van der Waals surface area contributed by atoms with Crippen LogP contribution < -0.4 is 15.8 Å². The summed E-state index contributed by atoms with van der Waals surface area (Å²) in [5.41, 5.74) is 8.49. The van der Waals surface area contributed by atoms with E-state index < -0.39 is 0 Å². The lowest BCUT2D eigenvalue weighted by Gasteiger charge is -2.15. The lowest BCUT2D eigenvalue weighted by Crippen LogP contribution is -2.32. The number of carbonyl (C=O) groups excluding carboxylic acids is 2. The largest absolute Gasteiger partial charge is 0.493 e. The number of amides is 2. The predicted molar refractivity (Wildman–Crippen MR) is 126 cm³/mol. The third kappa shape index (κ3) is 9.01. The topological polar surface area (TPSA) is 81.4 Å². The Kier molecular flexibility index (Phi) is 12.6. The minimum atomic E-state index is -0.284. The van der Waals surface area contributed by atoms with Gasteiger partial charge in [-0.3, -0.25) is 14.9 Å². The molecule has 0 bridgehead atoms. The number of carbonyl (C=O) groups is 2. The van der Waals surface area contributed by atoms with Crippen LogP contribution in [0.2, 0.25) is 0 Å². The molecule has 2 unspecified atom stereocenters. The highest BCUT2D eigenvalue weighted by Crippen LogP contribution is 2.21. The van der Waals surface area contributed by atoms with Crippen LogP contribution in [0.15, 0.2) is 48.5 Å². The van der Waals surface area contributed by atoms with E-state index in [1.165, 1.54) is 22.9 Å². The highest BCUT2D eigenvalue weighted by atomic mass is 32.2. The van der Waals surface area contributed by atoms with Gasteiger partial charge in [-0.05, 0) is 54.5 Å². The zero-order valence-corrected chi connectivity index (χ0v) is 19.2. The molecular weight excluding hydrogens is 396 g/mol. The van der Waals surface area contributed by atoms with Gasteiger partial charge in [-0.1, -0.05) is 57.2 Å². The van der Waals surface area contributed by atoms with Crippen LogP contribution in [0.25, 0.3) is 0 Å². The fourth-order valence-electron chi connectivity index (χ4n) is 2.77. The number of rotatable bonds is 10. The highest BCUT2D eigenvalue weighted by Gasteiger charge is 2.17. The molecular formula is C24H34N2O3S. The molecule has 164 valence electrons. The lowest BCUT2D eigenvalue weighted by atomic mass is 10.00. The molecule has 6 heteroatoms. The van der Waals surface area contributed by atoms with E-state index in [1.54, 1.807) is 0 Å². The number of aryl methyl sites for hydroxylation is 1. The number of nitrogens with one attached hydrogen (secondary N) is 1. The molecule has 0 radical (unpaired) electrons. The van der Waals surface area contributed by atoms with Crippen LogP contribution in [-0.2, 0) is 22.4 Å². The average Bonchev–Trinajstić information content (AvgIpc) is 2.77. The summed E-state index contributed by atoms with van der Waals surface area (Å²) in [6.07, 6.45) is 3.91. The summed E-state index contributed by atoms with van der Waals surface area (Å²) in [7, 11) is 0. The molecule has 0 aliphatic rings. The first-order valence-electron chi connectivity index (χ1n) is 10.3. The number of hydrogen-bond acceptors (Lipinski definition) is 5. The fourth-order valence-corrected chi connectivity index (χ4v) is 3.41. The maximum Gasteiger partial charge on any atom is 0.239 e. The zero-order valence-electron chi connectivity index (χ0n) is 18.4. The summed E-state index contributed by atoms with van der Waals surface area (Å²) in [5.74, 6) is 0.859. The minimum absolute atomic E-state index is 0.263. The number of thioether (sulfide) groups is 1. The maximum atomic E-state index is 11.8. The van der Waals surface area contributed by atoms with Crippen LogP contribution in [0.5, 0.6) is 5.75 Å². The van der Waals surface area contributed by atoms with Crippen molar-refractivity contribution in [2.24, 2.45) is 5.73 Å². The summed E-state index contributed by atoms with van der Waals surface area (Å²) in [5, 5.41) is 1.93. The van der Waals surface area contributed by atoms with Crippen molar-refractivity contribution >= 4 is 24.1 Å². The van der Waals surface area contributed by atoms with E-state index in [1.807, 2.05) is 37.4 Å². The van der Waals surface area contributed by atoms with E-state index in [-0.39, 0.29) is 11.2 Å². The molecule has 2 atom stereocenters. The summed E-state index contributed by atoms with van der Waals surface area (Å²) in [4.78, 5) is 22.2. The van der Waals surface area contributed by atoms with Crippen molar-refractivity contribution in [1.82, 2.24) is 5.32 Å². The van der Waals surface area contributed by atoms with Crippen LogP contribution >= 0.6 is 11.8 Å². The monoisotopic (exact) mass is 430 g/mol. The Labute approximate surface area is 184 Å². The molecule has 2 rings (SSSR count). The minimum Gasteiger partial charge on any atom is -0.493 e. The highest BCUT2D eigenvalue weighted by molar-refractivity contribution is 7.99. The molecule has 0 aliphatic heterocycles. The van der Waals surface area contributed by atoms with Gasteiger partial charge in [-0.25, -0.2) is 0 Å². The Bertz CT molecular complexity index is 748. The van der Waals surface area contributed by atoms with Gasteiger partial charge in [0.05, 0.1) is 11.9 Å². The van der Waals surface area contributed by atoms with Crippen LogP contribution in [0, 0.1) is 0 Å². The molecule has 2 aromatic carbocycles. The second kappa shape index (κ2) is 14.6. The first kappa shape index (κ1) is 25.7. The first-order valence-corrected chi connectivity index (χ1v) is 11.5. The fraction of sp³-hybridized carbons (Fsp3) is 0.417. The van der Waals surface area contributed by atoms with Crippen molar-refractivity contribution in [2.75, 3.05) is 19.4 Å². The third-order valence-corrected chi connectivity index (χ3v) is 5.53. The van der Waals surface area contributed by atoms with Crippen molar-refractivity contribution in [3.8, 4) is 5.75 Å². The predicted octanol–water partition coefficient (Wildman–Crippen LogP) is 3.94. The smallest absolute Gasteiger partial charge is 0.239 e. The second-order valence-electron chi connectivity index (χ2n) is 6.91. The molecule has 0 heterocycles. The average molecular weight is 431 g/mol. The Balaban J connectivity index is 0.00000141. The molecule has 30 heavy (non-hydrogen) atoms. The van der Waals surface area contributed by atoms with Crippen molar-refractivity contribution in [3.63, 3.8) is 0 Å². The number of nitrogens with two attached hydrogens (primary N) is 1. The molecule has 3 N–H and O–H groups in total. The van der Waals surface area contributed by atoms with E-state index in [4.69, 9.17) is 10.5 Å². The SMILES string of the molecule is CCN.CCc1ccc(C(C)COc2ccc(CC(SC)C(=O)NC=O)cc2)cc1. The molecule has 0 aliphatic carbocycles. The number of imide groups is 1. The lowest BCUT2D eigenvalue weighted by molar-refractivity contribution is -0.124. The summed E-state index contributed by atoms with van der Waals surface area (Å²) in [6.45, 7) is 7.57. The molecule has 0 saturated carbocycles. The summed E-state index contributed by atoms with van der Waals surface area (Å²) < 4.78 is 5.92. The number of benzene rings is 2. The molecule has 2 aromatic rings. The summed E-state index contributed by atoms with van der Waals surface area (Å²) >= 11 is 1.43. The van der Waals surface area contributed by atoms with Gasteiger partial charge in [-0.2, -0.15) is 11.8 Å². The maximum absolute atomic E-state index is 11.8. The van der Waals surface area contributed by atoms with E-state index >= 15 is 0 Å². The Morgan fingerprint density at radius 2 is 1.67 bits per heavy atom. The zero-order chi connectivity index (χ0) is 22.4. The summed E-state index contributed by atoms with van der Waals surface area (Å²) in [6, 6.07) is 16.5. The van der Waals surface area contributed by atoms with Crippen LogP contribution in [-0.4, -0.2) is 37.0 Å². The van der Waals surface area contributed by atoms with Gasteiger partial charge < -0.3 is 10.5 Å². The Morgan fingerprint density at radius 1 is 1.10 bits per heavy atom. The van der Waals surface area contributed by atoms with Crippen molar-refractivity contribution in [3.05, 3.63) is 65.2 Å². The molecule has 0 spiro atoms. The van der Waals surface area contributed by atoms with E-state index in [0.29, 0.717) is 25.4 Å². The van der Waals surface area contributed by atoms with Gasteiger partial charge in [0.1, 0.15) is 5.75 Å². The number of ether oxygens (including phenoxy) is 1. The molecule has 5 nitrogen and oxygen atoms in total. The van der Waals surface area contributed by atoms with E-state index in [2.05, 4.69) is 43.4 Å². The van der Waals surface area contributed by atoms with E-state index in [0.717, 1.165) is 24.3 Å². The van der Waals surface area contributed by atoms with Crippen LogP contribution in [0.1, 0.15) is 43.4 Å². The van der Waals surface area contributed by atoms with Gasteiger partial charge in [0.25, 0.3) is 0 Å². The van der Waals surface area contributed by atoms with Crippen LogP contribution in [0.3, 0.4) is 0 Å². The molecule has 0 aromatic heterocycles. The van der Waals surface area contributed by atoms with Gasteiger partial charge >= 0.3 is 0 Å². The quantitative estimate of drug-likeness (QED) is 0.558. The Morgan fingerprint density at radius 3 is 2.17 bits per heavy atom. The second-order valence-corrected chi connectivity index (χ2v) is 7.95. The van der Waals surface area contributed by atoms with Gasteiger partial charge in [-0.15, -0.1) is 0 Å². The third-order valence-electron chi connectivity index (χ3n) is 4.58. The standard InChI is InChI=1S/C22H27NO3S.C2H7N/c1-4-17-5-9-19(10-6-17)16(2)14-26-20-11-7-18(8-12-20)13-21(27-3)22(25)23-15-24;1-2-3/h5-12,15-16,21H,4,13-14H2,1-3H3,(H,23,24,25);2-3H2,1H3. The van der Waals surface area contributed by atoms with Crippen molar-refractivity contribution < 1.29 is 14.3 Å². The normalized spacial score (nSPS) is 12.2. The van der Waals surface area contributed by atoms with Crippen molar-refractivity contribution in [2.45, 2.75) is 44.8 Å². The Hall–Kier alpha value is -2.31. The molecule has 0 fully saturated rings. The van der Waals surface area contributed by atoms with Crippen LogP contribution in [0.4, 0.5) is 0 Å². The number of hydrogen-bond donors (Lipinski definition) is 2. The van der Waals surface area contributed by atoms with Gasteiger partial charge in [0, 0.05) is 5.92 Å². The van der Waals surface area contributed by atoms with Crippen molar-refractivity contribution in [1.29, 1.82) is 0 Å². The van der Waals surface area contributed by atoms with Gasteiger partial charge in [0.2, 0.25) is 12.3 Å². The molecule has 0 saturated heterocycles.